The van der Waals surface area contributed by atoms with Gasteiger partial charge < -0.3 is 5.32 Å². The number of nitro groups is 1. The van der Waals surface area contributed by atoms with Gasteiger partial charge in [-0.3, -0.25) is 14.8 Å². The highest BCUT2D eigenvalue weighted by Gasteiger charge is 2.16. The maximum atomic E-state index is 11.2. The highest BCUT2D eigenvalue weighted by molar-refractivity contribution is 6.30. The molecular weight excluding hydrogens is 328 g/mol. The molecule has 7 heteroatoms. The molecule has 3 rings (SSSR count). The molecule has 122 valence electrons. The van der Waals surface area contributed by atoms with Crippen LogP contribution >= 0.6 is 11.6 Å². The van der Waals surface area contributed by atoms with Gasteiger partial charge in [-0.15, -0.1) is 0 Å². The van der Waals surface area contributed by atoms with Crippen LogP contribution in [-0.4, -0.2) is 14.7 Å². The molecule has 0 unspecified atom stereocenters. The lowest BCUT2D eigenvalue weighted by Crippen LogP contribution is -2.03. The largest absolute Gasteiger partial charge is 0.375 e. The van der Waals surface area contributed by atoms with E-state index in [0.717, 1.165) is 16.8 Å². The highest BCUT2D eigenvalue weighted by atomic mass is 35.5. The van der Waals surface area contributed by atoms with E-state index in [2.05, 4.69) is 10.4 Å². The van der Waals surface area contributed by atoms with Gasteiger partial charge in [0.1, 0.15) is 5.69 Å². The van der Waals surface area contributed by atoms with Gasteiger partial charge >= 0.3 is 0 Å². The maximum absolute atomic E-state index is 11.2. The zero-order valence-electron chi connectivity index (χ0n) is 12.9. The fourth-order valence-electron chi connectivity index (χ4n) is 2.50. The number of rotatable bonds is 5. The Kier molecular flexibility index (Phi) is 4.48. The van der Waals surface area contributed by atoms with Crippen molar-refractivity contribution in [2.45, 2.75) is 6.54 Å². The molecule has 0 radical (unpaired) electrons. The lowest BCUT2D eigenvalue weighted by Gasteiger charge is -2.08. The normalized spacial score (nSPS) is 10.6. The summed E-state index contributed by atoms with van der Waals surface area (Å²) >= 11 is 5.84. The number of hydrogen-bond donors (Lipinski definition) is 1. The summed E-state index contributed by atoms with van der Waals surface area (Å²) in [7, 11) is 1.85. The third kappa shape index (κ3) is 3.38. The Morgan fingerprint density at radius 2 is 2.00 bits per heavy atom. The van der Waals surface area contributed by atoms with E-state index in [1.165, 1.54) is 6.07 Å². The van der Waals surface area contributed by atoms with Crippen LogP contribution in [0.3, 0.4) is 0 Å². The molecule has 1 heterocycles. The van der Waals surface area contributed by atoms with Gasteiger partial charge in [0.15, 0.2) is 0 Å². The average Bonchev–Trinajstić information content (AvgIpc) is 2.95. The van der Waals surface area contributed by atoms with Crippen molar-refractivity contribution in [1.29, 1.82) is 0 Å². The van der Waals surface area contributed by atoms with Crippen LogP contribution in [0.5, 0.6) is 0 Å². The lowest BCUT2D eigenvalue weighted by molar-refractivity contribution is -0.383. The van der Waals surface area contributed by atoms with Gasteiger partial charge in [-0.1, -0.05) is 41.9 Å². The summed E-state index contributed by atoms with van der Waals surface area (Å²) in [6.45, 7) is 0.417. The zero-order valence-corrected chi connectivity index (χ0v) is 13.7. The second-order valence-electron chi connectivity index (χ2n) is 5.31. The number of nitrogens with zero attached hydrogens (tertiary/aromatic N) is 3. The van der Waals surface area contributed by atoms with E-state index in [1.807, 2.05) is 43.6 Å². The smallest absolute Gasteiger partial charge is 0.293 e. The van der Waals surface area contributed by atoms with Crippen LogP contribution in [0.4, 0.5) is 11.4 Å². The number of anilines is 1. The van der Waals surface area contributed by atoms with E-state index in [0.29, 0.717) is 17.3 Å². The molecule has 0 aliphatic heterocycles. The number of nitrogens with one attached hydrogen (secondary N) is 1. The molecule has 0 aliphatic rings. The van der Waals surface area contributed by atoms with E-state index in [-0.39, 0.29) is 5.69 Å². The molecule has 0 bridgehead atoms. The lowest BCUT2D eigenvalue weighted by atomic mass is 10.1. The summed E-state index contributed by atoms with van der Waals surface area (Å²) < 4.78 is 1.73. The Labute approximate surface area is 143 Å². The molecule has 0 spiro atoms. The summed E-state index contributed by atoms with van der Waals surface area (Å²) in [5.41, 5.74) is 3.18. The first-order chi connectivity index (χ1) is 11.5. The van der Waals surface area contributed by atoms with Gasteiger partial charge in [0.25, 0.3) is 5.69 Å². The molecule has 0 atom stereocenters. The van der Waals surface area contributed by atoms with Crippen LogP contribution in [0.25, 0.3) is 11.3 Å². The predicted octanol–water partition coefficient (Wildman–Crippen LogP) is 4.26. The van der Waals surface area contributed by atoms with Crippen molar-refractivity contribution in [3.63, 3.8) is 0 Å². The molecule has 1 aromatic heterocycles. The fraction of sp³-hybridized carbons (Fsp3) is 0.118. The number of nitro benzene ring substituents is 1. The summed E-state index contributed by atoms with van der Waals surface area (Å²) in [6.07, 6.45) is 1.90. The Morgan fingerprint density at radius 1 is 1.25 bits per heavy atom. The first-order valence-corrected chi connectivity index (χ1v) is 7.68. The monoisotopic (exact) mass is 342 g/mol. The van der Waals surface area contributed by atoms with Gasteiger partial charge in [0.05, 0.1) is 10.6 Å². The van der Waals surface area contributed by atoms with Crippen molar-refractivity contribution in [3.05, 3.63) is 75.4 Å². The Hall–Kier alpha value is -2.86. The van der Waals surface area contributed by atoms with E-state index < -0.39 is 4.92 Å². The van der Waals surface area contributed by atoms with Gasteiger partial charge in [0, 0.05) is 42.0 Å². The Morgan fingerprint density at radius 3 is 2.71 bits per heavy atom. The molecule has 24 heavy (non-hydrogen) atoms. The van der Waals surface area contributed by atoms with Crippen LogP contribution in [0.15, 0.2) is 54.7 Å². The van der Waals surface area contributed by atoms with Crippen molar-refractivity contribution in [2.24, 2.45) is 7.05 Å². The fourth-order valence-corrected chi connectivity index (χ4v) is 2.67. The van der Waals surface area contributed by atoms with Crippen molar-refractivity contribution in [3.8, 4) is 11.3 Å². The first-order valence-electron chi connectivity index (χ1n) is 7.30. The minimum absolute atomic E-state index is 0.0485. The number of halogens is 1. The average molecular weight is 343 g/mol. The number of aryl methyl sites for hydroxylation is 1. The van der Waals surface area contributed by atoms with Crippen LogP contribution < -0.4 is 5.32 Å². The summed E-state index contributed by atoms with van der Waals surface area (Å²) in [5.74, 6) is 0. The molecule has 0 amide bonds. The quantitative estimate of drug-likeness (QED) is 0.555. The minimum atomic E-state index is -0.449. The second-order valence-corrected chi connectivity index (χ2v) is 5.75. The molecular formula is C17H15ClN4O2. The molecule has 0 saturated carbocycles. The number of benzene rings is 2. The summed E-state index contributed by atoms with van der Waals surface area (Å²) in [6, 6.07) is 14.4. The molecule has 0 aliphatic carbocycles. The van der Waals surface area contributed by atoms with Gasteiger partial charge in [0.2, 0.25) is 0 Å². The standard InChI is InChI=1S/C17H15ClN4O2/c1-21-11-13(17(20-21)12-5-3-2-4-6-12)10-19-15-8-7-14(18)9-16(15)22(23)24/h2-9,11,19H,10H2,1H3. The van der Waals surface area contributed by atoms with Gasteiger partial charge in [-0.2, -0.15) is 5.10 Å². The Bertz CT molecular complexity index is 878. The number of hydrogen-bond acceptors (Lipinski definition) is 4. The van der Waals surface area contributed by atoms with Crippen LogP contribution in [0, 0.1) is 10.1 Å². The minimum Gasteiger partial charge on any atom is -0.375 e. The van der Waals surface area contributed by atoms with E-state index >= 15 is 0 Å². The summed E-state index contributed by atoms with van der Waals surface area (Å²) in [5, 5.41) is 19.1. The molecule has 6 nitrogen and oxygen atoms in total. The van der Waals surface area contributed by atoms with Gasteiger partial charge in [-0.05, 0) is 12.1 Å². The predicted molar refractivity (Wildman–Crippen MR) is 94.1 cm³/mol. The number of aromatic nitrogens is 2. The third-order valence-corrected chi connectivity index (χ3v) is 3.81. The van der Waals surface area contributed by atoms with E-state index in [1.54, 1.807) is 16.8 Å². The summed E-state index contributed by atoms with van der Waals surface area (Å²) in [4.78, 5) is 10.7. The van der Waals surface area contributed by atoms with Crippen molar-refractivity contribution in [1.82, 2.24) is 9.78 Å². The van der Waals surface area contributed by atoms with Gasteiger partial charge in [-0.25, -0.2) is 0 Å². The third-order valence-electron chi connectivity index (χ3n) is 3.58. The van der Waals surface area contributed by atoms with Crippen LogP contribution in [0.1, 0.15) is 5.56 Å². The highest BCUT2D eigenvalue weighted by Crippen LogP contribution is 2.29. The van der Waals surface area contributed by atoms with E-state index in [9.17, 15) is 10.1 Å². The van der Waals surface area contributed by atoms with Crippen molar-refractivity contribution >= 4 is 23.0 Å². The van der Waals surface area contributed by atoms with Crippen LogP contribution in [-0.2, 0) is 13.6 Å². The SMILES string of the molecule is Cn1cc(CNc2ccc(Cl)cc2[N+](=O)[O-])c(-c2ccccc2)n1. The molecule has 0 fully saturated rings. The Balaban J connectivity index is 1.88. The molecule has 3 aromatic rings. The zero-order chi connectivity index (χ0) is 17.1. The topological polar surface area (TPSA) is 73.0 Å². The molecule has 0 saturated heterocycles. The van der Waals surface area contributed by atoms with Crippen molar-refractivity contribution in [2.75, 3.05) is 5.32 Å². The van der Waals surface area contributed by atoms with Crippen LogP contribution in [0.2, 0.25) is 5.02 Å². The maximum Gasteiger partial charge on any atom is 0.293 e. The second kappa shape index (κ2) is 6.72. The molecule has 2 aromatic carbocycles. The van der Waals surface area contributed by atoms with E-state index in [4.69, 9.17) is 11.6 Å². The van der Waals surface area contributed by atoms with Crippen molar-refractivity contribution < 1.29 is 4.92 Å². The first kappa shape index (κ1) is 16.0. The molecule has 1 N–H and O–H groups in total.